The van der Waals surface area contributed by atoms with E-state index in [1.807, 2.05) is 27.7 Å². The zero-order valence-corrected chi connectivity index (χ0v) is 11.4. The number of hydrogen-bond acceptors (Lipinski definition) is 2. The molecule has 0 aromatic carbocycles. The van der Waals surface area contributed by atoms with Gasteiger partial charge < -0.3 is 10.2 Å². The van der Waals surface area contributed by atoms with E-state index in [4.69, 9.17) is 10.2 Å². The van der Waals surface area contributed by atoms with E-state index >= 15 is 0 Å². The second kappa shape index (κ2) is 6.38. The van der Waals surface area contributed by atoms with E-state index in [0.717, 1.165) is 25.0 Å². The summed E-state index contributed by atoms with van der Waals surface area (Å²) in [6.07, 6.45) is 7.22. The molecule has 0 rings (SSSR count). The van der Waals surface area contributed by atoms with E-state index in [-0.39, 0.29) is 10.8 Å². The lowest BCUT2D eigenvalue weighted by Gasteiger charge is -2.26. The second-order valence-electron chi connectivity index (χ2n) is 5.82. The summed E-state index contributed by atoms with van der Waals surface area (Å²) < 4.78 is 0. The molecule has 4 heteroatoms. The first-order valence-corrected chi connectivity index (χ1v) is 5.88. The minimum absolute atomic E-state index is 0.216. The molecule has 0 aromatic rings. The van der Waals surface area contributed by atoms with Gasteiger partial charge in [0.2, 0.25) is 0 Å². The van der Waals surface area contributed by atoms with Crippen molar-refractivity contribution in [3.05, 3.63) is 24.3 Å². The van der Waals surface area contributed by atoms with Crippen molar-refractivity contribution in [2.24, 2.45) is 10.8 Å². The number of rotatable bonds is 7. The van der Waals surface area contributed by atoms with Gasteiger partial charge in [-0.05, 0) is 23.7 Å². The molecule has 0 saturated heterocycles. The fourth-order valence-electron chi connectivity index (χ4n) is 1.40. The largest absolute Gasteiger partial charge is 0.478 e. The van der Waals surface area contributed by atoms with E-state index < -0.39 is 11.9 Å². The predicted octanol–water partition coefficient (Wildman–Crippen LogP) is 3.10. The molecule has 0 atom stereocenters. The first-order chi connectivity index (χ1) is 8.04. The Bertz CT molecular complexity index is 326. The molecule has 0 aliphatic rings. The van der Waals surface area contributed by atoms with Gasteiger partial charge in [0.1, 0.15) is 0 Å². The van der Waals surface area contributed by atoms with Crippen molar-refractivity contribution in [1.82, 2.24) is 0 Å². The summed E-state index contributed by atoms with van der Waals surface area (Å²) in [5.41, 5.74) is -0.431. The van der Waals surface area contributed by atoms with Gasteiger partial charge >= 0.3 is 11.9 Å². The van der Waals surface area contributed by atoms with Crippen LogP contribution in [0.15, 0.2) is 24.3 Å². The lowest BCUT2D eigenvalue weighted by Crippen LogP contribution is -2.15. The average Bonchev–Trinajstić information content (AvgIpc) is 2.22. The highest BCUT2D eigenvalue weighted by Crippen LogP contribution is 2.32. The highest BCUT2D eigenvalue weighted by Gasteiger charge is 2.21. The fourth-order valence-corrected chi connectivity index (χ4v) is 1.40. The maximum atomic E-state index is 10.5. The Balaban J connectivity index is 4.46. The van der Waals surface area contributed by atoms with Crippen LogP contribution in [0.2, 0.25) is 0 Å². The molecule has 0 radical (unpaired) electrons. The van der Waals surface area contributed by atoms with E-state index in [9.17, 15) is 9.59 Å². The van der Waals surface area contributed by atoms with E-state index in [1.54, 1.807) is 12.2 Å². The van der Waals surface area contributed by atoms with Crippen LogP contribution in [-0.2, 0) is 9.59 Å². The van der Waals surface area contributed by atoms with Crippen LogP contribution in [0, 0.1) is 10.8 Å². The summed E-state index contributed by atoms with van der Waals surface area (Å²) in [7, 11) is 0. The zero-order chi connectivity index (χ0) is 14.4. The van der Waals surface area contributed by atoms with Crippen molar-refractivity contribution in [2.45, 2.75) is 40.5 Å². The lowest BCUT2D eigenvalue weighted by molar-refractivity contribution is -0.132. The number of allylic oxidation sites excluding steroid dienone is 2. The van der Waals surface area contributed by atoms with Crippen LogP contribution in [-0.4, -0.2) is 22.2 Å². The van der Waals surface area contributed by atoms with E-state index in [1.165, 1.54) is 0 Å². The number of carboxylic acids is 2. The Morgan fingerprint density at radius 1 is 0.833 bits per heavy atom. The summed E-state index contributed by atoms with van der Waals surface area (Å²) in [4.78, 5) is 20.9. The fraction of sp³-hybridized carbons (Fsp3) is 0.571. The first-order valence-electron chi connectivity index (χ1n) is 5.88. The Morgan fingerprint density at radius 2 is 1.11 bits per heavy atom. The Morgan fingerprint density at radius 3 is 1.33 bits per heavy atom. The lowest BCUT2D eigenvalue weighted by atomic mass is 9.78. The standard InChI is InChI=1S/C14H22O4/c1-13(2,7-5-11(15)16)9-10-14(3,4)8-6-12(17)18/h5-8H,9-10H2,1-4H3,(H,15,16)(H,17,18)/b7-5+,8-6+. The molecule has 0 aliphatic heterocycles. The van der Waals surface area contributed by atoms with Crippen LogP contribution >= 0.6 is 0 Å². The highest BCUT2D eigenvalue weighted by molar-refractivity contribution is 5.80. The van der Waals surface area contributed by atoms with Gasteiger partial charge in [0.05, 0.1) is 0 Å². The first kappa shape index (κ1) is 16.4. The maximum Gasteiger partial charge on any atom is 0.327 e. The summed E-state index contributed by atoms with van der Waals surface area (Å²) >= 11 is 0. The van der Waals surface area contributed by atoms with Gasteiger partial charge in [-0.1, -0.05) is 39.8 Å². The molecule has 0 aromatic heterocycles. The van der Waals surface area contributed by atoms with Crippen LogP contribution in [0.1, 0.15) is 40.5 Å². The van der Waals surface area contributed by atoms with Crippen LogP contribution in [0.5, 0.6) is 0 Å². The predicted molar refractivity (Wildman–Crippen MR) is 70.3 cm³/mol. The monoisotopic (exact) mass is 254 g/mol. The van der Waals surface area contributed by atoms with Crippen LogP contribution < -0.4 is 0 Å². The van der Waals surface area contributed by atoms with E-state index in [0.29, 0.717) is 0 Å². The molecule has 0 spiro atoms. The third-order valence-corrected chi connectivity index (χ3v) is 2.77. The normalized spacial score (nSPS) is 13.3. The van der Waals surface area contributed by atoms with Gasteiger partial charge in [0, 0.05) is 12.2 Å². The number of carbonyl (C=O) groups is 2. The third kappa shape index (κ3) is 8.56. The molecule has 18 heavy (non-hydrogen) atoms. The Labute approximate surface area is 108 Å². The minimum Gasteiger partial charge on any atom is -0.478 e. The Hall–Kier alpha value is -1.58. The van der Waals surface area contributed by atoms with Gasteiger partial charge in [-0.2, -0.15) is 0 Å². The number of aliphatic carboxylic acids is 2. The molecule has 0 saturated carbocycles. The molecule has 0 aliphatic carbocycles. The zero-order valence-electron chi connectivity index (χ0n) is 11.4. The number of carboxylic acid groups (broad SMARTS) is 2. The highest BCUT2D eigenvalue weighted by atomic mass is 16.4. The van der Waals surface area contributed by atoms with Crippen LogP contribution in [0.4, 0.5) is 0 Å². The summed E-state index contributed by atoms with van der Waals surface area (Å²) in [5.74, 6) is -1.90. The number of hydrogen-bond donors (Lipinski definition) is 2. The van der Waals surface area contributed by atoms with E-state index in [2.05, 4.69) is 0 Å². The molecular formula is C14H22O4. The van der Waals surface area contributed by atoms with Gasteiger partial charge in [-0.25, -0.2) is 9.59 Å². The Kier molecular flexibility index (Phi) is 5.82. The van der Waals surface area contributed by atoms with Gasteiger partial charge in [-0.15, -0.1) is 0 Å². The van der Waals surface area contributed by atoms with Crippen LogP contribution in [0.3, 0.4) is 0 Å². The maximum absolute atomic E-state index is 10.5. The van der Waals surface area contributed by atoms with Crippen molar-refractivity contribution in [2.75, 3.05) is 0 Å². The summed E-state index contributed by atoms with van der Waals surface area (Å²) in [5, 5.41) is 17.2. The molecule has 0 fully saturated rings. The molecule has 0 heterocycles. The molecule has 102 valence electrons. The topological polar surface area (TPSA) is 74.6 Å². The molecule has 0 amide bonds. The SMILES string of the molecule is CC(C)(/C=C/C(=O)O)CCC(C)(C)/C=C/C(=O)O. The summed E-state index contributed by atoms with van der Waals surface area (Å²) in [6.45, 7) is 7.85. The van der Waals surface area contributed by atoms with Crippen molar-refractivity contribution in [3.8, 4) is 0 Å². The minimum atomic E-state index is -0.951. The van der Waals surface area contributed by atoms with Crippen LogP contribution in [0.25, 0.3) is 0 Å². The molecule has 0 unspecified atom stereocenters. The smallest absolute Gasteiger partial charge is 0.327 e. The third-order valence-electron chi connectivity index (χ3n) is 2.77. The van der Waals surface area contributed by atoms with Crippen molar-refractivity contribution >= 4 is 11.9 Å². The van der Waals surface area contributed by atoms with Crippen molar-refractivity contribution in [3.63, 3.8) is 0 Å². The van der Waals surface area contributed by atoms with Gasteiger partial charge in [-0.3, -0.25) is 0 Å². The average molecular weight is 254 g/mol. The van der Waals surface area contributed by atoms with Crippen molar-refractivity contribution < 1.29 is 19.8 Å². The van der Waals surface area contributed by atoms with Crippen molar-refractivity contribution in [1.29, 1.82) is 0 Å². The van der Waals surface area contributed by atoms with Gasteiger partial charge in [0.15, 0.2) is 0 Å². The molecule has 4 nitrogen and oxygen atoms in total. The molecule has 2 N–H and O–H groups in total. The summed E-state index contributed by atoms with van der Waals surface area (Å²) in [6, 6.07) is 0. The quantitative estimate of drug-likeness (QED) is 0.684. The van der Waals surface area contributed by atoms with Gasteiger partial charge in [0.25, 0.3) is 0 Å². The molecule has 0 bridgehead atoms. The molecular weight excluding hydrogens is 232 g/mol. The second-order valence-corrected chi connectivity index (χ2v) is 5.82.